The zero-order chi connectivity index (χ0) is 19.4. The second-order valence-electron chi connectivity index (χ2n) is 6.57. The van der Waals surface area contributed by atoms with Gasteiger partial charge in [0.1, 0.15) is 0 Å². The van der Waals surface area contributed by atoms with Crippen molar-refractivity contribution < 1.29 is 16.8 Å². The number of nitrogens with two attached hydrogens (primary N) is 1. The molecule has 0 saturated carbocycles. The highest BCUT2D eigenvalue weighted by molar-refractivity contribution is 7.90. The van der Waals surface area contributed by atoms with Crippen LogP contribution in [0.2, 0.25) is 0 Å². The van der Waals surface area contributed by atoms with Crippen molar-refractivity contribution in [2.45, 2.75) is 30.1 Å². The molecule has 0 aliphatic heterocycles. The zero-order valence-corrected chi connectivity index (χ0v) is 16.4. The quantitative estimate of drug-likeness (QED) is 0.713. The van der Waals surface area contributed by atoms with E-state index in [-0.39, 0.29) is 28.2 Å². The summed E-state index contributed by atoms with van der Waals surface area (Å²) in [6.45, 7) is 4.35. The first-order chi connectivity index (χ1) is 12.1. The van der Waals surface area contributed by atoms with Crippen LogP contribution in [-0.4, -0.2) is 23.4 Å². The van der Waals surface area contributed by atoms with Crippen LogP contribution in [0.5, 0.6) is 0 Å². The maximum atomic E-state index is 12.5. The summed E-state index contributed by atoms with van der Waals surface area (Å²) in [5, 5.41) is 5.07. The number of benzene rings is 2. The molecule has 3 N–H and O–H groups in total. The van der Waals surface area contributed by atoms with Crippen LogP contribution in [0.4, 0.5) is 0 Å². The number of hydrogen-bond donors (Lipinski definition) is 2. The smallest absolute Gasteiger partial charge is 0.225 e. The summed E-state index contributed by atoms with van der Waals surface area (Å²) < 4.78 is 50.5. The van der Waals surface area contributed by atoms with Gasteiger partial charge in [0, 0.05) is 6.54 Å². The fourth-order valence-corrected chi connectivity index (χ4v) is 4.35. The Morgan fingerprint density at radius 2 is 1.54 bits per heavy atom. The van der Waals surface area contributed by atoms with Crippen LogP contribution < -0.4 is 9.86 Å². The second kappa shape index (κ2) is 8.30. The van der Waals surface area contributed by atoms with Gasteiger partial charge >= 0.3 is 0 Å². The minimum absolute atomic E-state index is 0.105. The molecule has 0 heterocycles. The monoisotopic (exact) mass is 396 g/mol. The van der Waals surface area contributed by atoms with Crippen LogP contribution in [0.3, 0.4) is 0 Å². The van der Waals surface area contributed by atoms with Crippen molar-refractivity contribution >= 4 is 20.0 Å². The van der Waals surface area contributed by atoms with Crippen molar-refractivity contribution in [3.63, 3.8) is 0 Å². The first kappa shape index (κ1) is 20.6. The van der Waals surface area contributed by atoms with Crippen LogP contribution in [0.15, 0.2) is 64.4 Å². The van der Waals surface area contributed by atoms with Crippen molar-refractivity contribution in [1.29, 1.82) is 0 Å². The van der Waals surface area contributed by atoms with Gasteiger partial charge < -0.3 is 0 Å². The Morgan fingerprint density at radius 1 is 0.923 bits per heavy atom. The van der Waals surface area contributed by atoms with Gasteiger partial charge in [-0.1, -0.05) is 50.2 Å². The van der Waals surface area contributed by atoms with Crippen molar-refractivity contribution in [2.75, 3.05) is 6.54 Å². The number of sulfonamides is 2. The Bertz CT molecular complexity index is 940. The van der Waals surface area contributed by atoms with Gasteiger partial charge in [-0.25, -0.2) is 26.7 Å². The predicted octanol–water partition coefficient (Wildman–Crippen LogP) is 2.13. The maximum Gasteiger partial charge on any atom is 0.240 e. The molecule has 8 heteroatoms. The Morgan fingerprint density at radius 3 is 2.12 bits per heavy atom. The van der Waals surface area contributed by atoms with Gasteiger partial charge in [-0.3, -0.25) is 0 Å². The van der Waals surface area contributed by atoms with Gasteiger partial charge in [0.2, 0.25) is 20.0 Å². The standard InChI is InChI=1S/C18H24N2O4S2/c1-14(2)16(11-15-7-4-3-5-8-15)13-20-26(23,24)18-10-6-9-17(12-18)25(19,21)22/h3-10,12,14,16,20H,11,13H2,1-2H3,(H2,19,21,22)/t16-/m1/s1. The molecule has 0 spiro atoms. The summed E-state index contributed by atoms with van der Waals surface area (Å²) in [5.74, 6) is 0.377. The van der Waals surface area contributed by atoms with E-state index < -0.39 is 20.0 Å². The van der Waals surface area contributed by atoms with E-state index in [1.807, 2.05) is 44.2 Å². The van der Waals surface area contributed by atoms with Crippen molar-refractivity contribution in [3.8, 4) is 0 Å². The lowest BCUT2D eigenvalue weighted by molar-refractivity contribution is 0.379. The molecule has 0 fully saturated rings. The molecule has 0 radical (unpaired) electrons. The lowest BCUT2D eigenvalue weighted by atomic mass is 9.89. The summed E-state index contributed by atoms with van der Waals surface area (Å²) in [6, 6.07) is 14.9. The van der Waals surface area contributed by atoms with Crippen LogP contribution in [-0.2, 0) is 26.5 Å². The molecule has 0 aromatic heterocycles. The lowest BCUT2D eigenvalue weighted by Crippen LogP contribution is -2.32. The fourth-order valence-electron chi connectivity index (χ4n) is 2.58. The molecule has 26 heavy (non-hydrogen) atoms. The third-order valence-electron chi connectivity index (χ3n) is 4.26. The third kappa shape index (κ3) is 5.63. The van der Waals surface area contributed by atoms with E-state index in [1.165, 1.54) is 18.2 Å². The summed E-state index contributed by atoms with van der Waals surface area (Å²) in [5.41, 5.74) is 1.14. The van der Waals surface area contributed by atoms with E-state index in [9.17, 15) is 16.8 Å². The Balaban J connectivity index is 2.15. The van der Waals surface area contributed by atoms with Crippen LogP contribution in [0.25, 0.3) is 0 Å². The number of hydrogen-bond acceptors (Lipinski definition) is 4. The van der Waals surface area contributed by atoms with E-state index in [0.717, 1.165) is 18.1 Å². The maximum absolute atomic E-state index is 12.5. The number of nitrogens with one attached hydrogen (secondary N) is 1. The highest BCUT2D eigenvalue weighted by Crippen LogP contribution is 2.19. The topological polar surface area (TPSA) is 106 Å². The molecule has 6 nitrogen and oxygen atoms in total. The average Bonchev–Trinajstić information content (AvgIpc) is 2.58. The molecule has 0 amide bonds. The van der Waals surface area contributed by atoms with E-state index >= 15 is 0 Å². The van der Waals surface area contributed by atoms with Gasteiger partial charge in [0.15, 0.2) is 0 Å². The molecule has 0 saturated heterocycles. The molecular weight excluding hydrogens is 372 g/mol. The SMILES string of the molecule is CC(C)[C@@H](CNS(=O)(=O)c1cccc(S(N)(=O)=O)c1)Cc1ccccc1. The van der Waals surface area contributed by atoms with Gasteiger partial charge in [-0.15, -0.1) is 0 Å². The van der Waals surface area contributed by atoms with Crippen molar-refractivity contribution in [3.05, 3.63) is 60.2 Å². The Hall–Kier alpha value is -1.74. The van der Waals surface area contributed by atoms with Crippen LogP contribution >= 0.6 is 0 Å². The summed E-state index contributed by atoms with van der Waals surface area (Å²) in [7, 11) is -7.80. The average molecular weight is 397 g/mol. The highest BCUT2D eigenvalue weighted by Gasteiger charge is 2.21. The van der Waals surface area contributed by atoms with Gasteiger partial charge in [-0.05, 0) is 42.0 Å². The van der Waals surface area contributed by atoms with Gasteiger partial charge in [0.05, 0.1) is 9.79 Å². The fraction of sp³-hybridized carbons (Fsp3) is 0.333. The molecule has 2 rings (SSSR count). The number of primary sulfonamides is 1. The summed E-state index contributed by atoms with van der Waals surface area (Å²) in [6.07, 6.45) is 0.748. The highest BCUT2D eigenvalue weighted by atomic mass is 32.2. The van der Waals surface area contributed by atoms with E-state index in [0.29, 0.717) is 0 Å². The minimum Gasteiger partial charge on any atom is -0.225 e. The Labute approximate surface area is 155 Å². The first-order valence-corrected chi connectivity index (χ1v) is 11.3. The van der Waals surface area contributed by atoms with E-state index in [4.69, 9.17) is 5.14 Å². The molecular formula is C18H24N2O4S2. The molecule has 0 aliphatic rings. The van der Waals surface area contributed by atoms with Crippen molar-refractivity contribution in [2.24, 2.45) is 17.0 Å². The second-order valence-corrected chi connectivity index (χ2v) is 9.89. The molecule has 0 bridgehead atoms. The largest absolute Gasteiger partial charge is 0.240 e. The molecule has 2 aromatic carbocycles. The van der Waals surface area contributed by atoms with Crippen LogP contribution in [0.1, 0.15) is 19.4 Å². The summed E-state index contributed by atoms with van der Waals surface area (Å²) >= 11 is 0. The normalized spacial score (nSPS) is 13.7. The molecule has 142 valence electrons. The molecule has 2 aromatic rings. The first-order valence-electron chi connectivity index (χ1n) is 8.26. The van der Waals surface area contributed by atoms with Crippen LogP contribution in [0, 0.1) is 11.8 Å². The Kier molecular flexibility index (Phi) is 6.57. The third-order valence-corrected chi connectivity index (χ3v) is 6.60. The minimum atomic E-state index is -3.96. The van der Waals surface area contributed by atoms with E-state index in [1.54, 1.807) is 0 Å². The van der Waals surface area contributed by atoms with Gasteiger partial charge in [0.25, 0.3) is 0 Å². The van der Waals surface area contributed by atoms with Crippen molar-refractivity contribution in [1.82, 2.24) is 4.72 Å². The molecule has 0 aliphatic carbocycles. The predicted molar refractivity (Wildman–Crippen MR) is 101 cm³/mol. The lowest BCUT2D eigenvalue weighted by Gasteiger charge is -2.21. The number of rotatable bonds is 8. The molecule has 1 atom stereocenters. The van der Waals surface area contributed by atoms with Gasteiger partial charge in [-0.2, -0.15) is 0 Å². The summed E-state index contributed by atoms with van der Waals surface area (Å²) in [4.78, 5) is -0.351. The zero-order valence-electron chi connectivity index (χ0n) is 14.8. The van der Waals surface area contributed by atoms with E-state index in [2.05, 4.69) is 4.72 Å². The molecule has 0 unspecified atom stereocenters.